The number of hydrogen-bond donors (Lipinski definition) is 1. The quantitative estimate of drug-likeness (QED) is 0.420. The van der Waals surface area contributed by atoms with Crippen LogP contribution in [-0.4, -0.2) is 34.4 Å². The van der Waals surface area contributed by atoms with E-state index in [9.17, 15) is 4.79 Å². The molecule has 6 heteroatoms. The first-order valence-electron chi connectivity index (χ1n) is 2.55. The first-order valence-corrected chi connectivity index (χ1v) is 1.78. The number of hydrogen-bond acceptors (Lipinski definition) is 2. The van der Waals surface area contributed by atoms with E-state index in [0.717, 1.165) is 0 Å². The predicted octanol–water partition coefficient (Wildman–Crippen LogP) is -0.189. The van der Waals surface area contributed by atoms with Gasteiger partial charge in [-0.3, -0.25) is 9.59 Å². The molecule has 1 N–H and O–H groups in total. The molecule has 8 heavy (non-hydrogen) atoms. The van der Waals surface area contributed by atoms with Crippen LogP contribution in [0.2, 0.25) is 0 Å². The zero-order chi connectivity index (χ0) is 8.57. The van der Waals surface area contributed by atoms with Gasteiger partial charge in [0.1, 0.15) is 0 Å². The lowest BCUT2D eigenvalue weighted by Gasteiger charge is -1.59. The number of carboxylic acid groups (broad SMARTS) is 1. The van der Waals surface area contributed by atoms with Crippen LogP contribution in [0.4, 0.5) is 9.59 Å². The molecule has 2 radical (unpaired) electrons. The Morgan fingerprint density at radius 1 is 1.62 bits per heavy atom. The summed E-state index contributed by atoms with van der Waals surface area (Å²) in [6.45, 7) is 0. The van der Waals surface area contributed by atoms with E-state index < -0.39 is 11.0 Å². The summed E-state index contributed by atoms with van der Waals surface area (Å²) in [5.74, 6) is -1.20. The molecule has 0 spiro atoms. The second kappa shape index (κ2) is 6.56. The number of rotatable bonds is 2. The first-order chi connectivity index (χ1) is 4.54. The van der Waals surface area contributed by atoms with Gasteiger partial charge in [-0.25, -0.2) is 0 Å². The van der Waals surface area contributed by atoms with Gasteiger partial charge < -0.3 is 5.11 Å². The topological polar surface area (TPSA) is 54.4 Å². The molecule has 0 amide bonds. The minimum Gasteiger partial charge on any atom is -0.490 e. The van der Waals surface area contributed by atoms with Crippen LogP contribution in [-0.2, 0) is 0 Å². The lowest BCUT2D eigenvalue weighted by molar-refractivity contribution is 0.220. The molecule has 42 valence electrons. The molecule has 0 aliphatic rings. The van der Waals surface area contributed by atoms with E-state index in [0.29, 0.717) is 15.6 Å². The third-order valence-corrected chi connectivity index (χ3v) is 0. The normalized spacial score (nSPS) is 8.62. The van der Waals surface area contributed by atoms with Crippen LogP contribution >= 0.6 is 11.6 Å². The Kier molecular flexibility index (Phi) is 4.67. The van der Waals surface area contributed by atoms with Crippen molar-refractivity contribution in [3.63, 3.8) is 0 Å². The Balaban J connectivity index is 0. The standard InChI is InChI=1S/CHBClO.CH2BO2/c2*2-1(3)4/h2H;2H,(H,3,4)/i2*2D. The van der Waals surface area contributed by atoms with Crippen molar-refractivity contribution in [1.29, 1.82) is 2.67 Å². The van der Waals surface area contributed by atoms with Gasteiger partial charge in [-0.1, -0.05) is 11.6 Å². The fraction of sp³-hybridized carbons (Fsp3) is 0. The van der Waals surface area contributed by atoms with Gasteiger partial charge in [0.15, 0.2) is 5.14 Å². The van der Waals surface area contributed by atoms with Gasteiger partial charge in [0, 0.05) is 0 Å². The maximum absolute atomic E-state index is 9.33. The first kappa shape index (κ1) is 5.69. The van der Waals surface area contributed by atoms with E-state index in [1.165, 1.54) is 0 Å². The molecule has 0 saturated carbocycles. The second-order valence-corrected chi connectivity index (χ2v) is 1.01. The SMILES string of the molecule is [2H][B]C(=O)Cl.[2H][B]C(=O)O. The van der Waals surface area contributed by atoms with Crippen LogP contribution in [0.5, 0.6) is 0 Å². The molecule has 0 unspecified atom stereocenters. The summed E-state index contributed by atoms with van der Waals surface area (Å²) in [4.78, 5) is 18.5. The average Bonchev–Trinajstić information content (AvgIpc) is 1.89. The van der Waals surface area contributed by atoms with Gasteiger partial charge in [-0.05, 0) is 2.67 Å². The molecule has 0 aromatic carbocycles. The third-order valence-electron chi connectivity index (χ3n) is 0. The molecule has 0 atom stereocenters. The molecule has 0 rings (SSSR count). The Labute approximate surface area is 56.5 Å². The molecule has 0 heterocycles. The molecule has 0 aliphatic heterocycles. The molecule has 0 fully saturated rings. The number of carbonyl (C=O) groups is 2. The molecule has 0 aromatic heterocycles. The smallest absolute Gasteiger partial charge is 0.239 e. The van der Waals surface area contributed by atoms with Crippen LogP contribution in [0.25, 0.3) is 0 Å². The lowest BCUT2D eigenvalue weighted by Crippen LogP contribution is -1.83. The minimum atomic E-state index is -1.20. The third kappa shape index (κ3) is 597. The Morgan fingerprint density at radius 3 is 1.88 bits per heavy atom. The van der Waals surface area contributed by atoms with Crippen molar-refractivity contribution < 1.29 is 14.7 Å². The van der Waals surface area contributed by atoms with E-state index >= 15 is 0 Å². The highest BCUT2D eigenvalue weighted by Gasteiger charge is 1.68. The largest absolute Gasteiger partial charge is 0.490 e. The van der Waals surface area contributed by atoms with Crippen molar-refractivity contribution in [2.75, 3.05) is 0 Å². The summed E-state index contributed by atoms with van der Waals surface area (Å²) in [5.41, 5.74) is 0. The summed E-state index contributed by atoms with van der Waals surface area (Å²) in [5, 5.41) is 6.75. The zero-order valence-electron chi connectivity index (χ0n) is 5.80. The minimum absolute atomic E-state index is 0.333. The van der Waals surface area contributed by atoms with Gasteiger partial charge in [-0.2, -0.15) is 0 Å². The summed E-state index contributed by atoms with van der Waals surface area (Å²) in [6.07, 6.45) is 0. The fourth-order valence-corrected chi connectivity index (χ4v) is 0. The van der Waals surface area contributed by atoms with Gasteiger partial charge >= 0.3 is 0 Å². The fourth-order valence-electron chi connectivity index (χ4n) is 0. The maximum Gasteiger partial charge on any atom is 0.239 e. The van der Waals surface area contributed by atoms with Crippen molar-refractivity contribution in [3.05, 3.63) is 0 Å². The Morgan fingerprint density at radius 2 is 1.88 bits per heavy atom. The van der Waals surface area contributed by atoms with E-state index in [1.54, 1.807) is 0 Å². The summed E-state index contributed by atoms with van der Waals surface area (Å²) >= 11 is 4.58. The molecular weight excluding hydrogens is 129 g/mol. The van der Waals surface area contributed by atoms with Crippen LogP contribution in [0, 0.1) is 0 Å². The van der Waals surface area contributed by atoms with Crippen LogP contribution < -0.4 is 0 Å². The molecule has 3 nitrogen and oxygen atoms in total. The molecule has 0 aliphatic carbocycles. The van der Waals surface area contributed by atoms with Crippen LogP contribution in [0.3, 0.4) is 0 Å². The molecular formula is C2H3B2ClO3. The summed E-state index contributed by atoms with van der Waals surface area (Å²) < 4.78 is 12.0. The van der Waals surface area contributed by atoms with Crippen molar-refractivity contribution in [2.45, 2.75) is 0 Å². The zero-order valence-corrected chi connectivity index (χ0v) is 4.55. The lowest BCUT2D eigenvalue weighted by atomic mass is 10.2. The maximum atomic E-state index is 9.33. The van der Waals surface area contributed by atoms with Crippen molar-refractivity contribution in [1.82, 2.24) is 0 Å². The van der Waals surface area contributed by atoms with Crippen LogP contribution in [0.15, 0.2) is 0 Å². The van der Waals surface area contributed by atoms with Crippen molar-refractivity contribution in [2.24, 2.45) is 0 Å². The molecule has 0 aromatic rings. The van der Waals surface area contributed by atoms with E-state index in [2.05, 4.69) is 11.6 Å². The monoisotopic (exact) mass is 134 g/mol. The van der Waals surface area contributed by atoms with Crippen molar-refractivity contribution in [3.8, 4) is 0 Å². The highest BCUT2D eigenvalue weighted by molar-refractivity contribution is 6.91. The molecule has 0 bridgehead atoms. The second-order valence-electron chi connectivity index (χ2n) is 0.642. The van der Waals surface area contributed by atoms with Gasteiger partial charge in [-0.15, -0.1) is 0 Å². The Hall–Kier alpha value is -0.440. The van der Waals surface area contributed by atoms with Gasteiger partial charge in [0.2, 0.25) is 21.5 Å². The predicted molar refractivity (Wildman–Crippen MR) is 33.6 cm³/mol. The number of halogens is 1. The van der Waals surface area contributed by atoms with Crippen molar-refractivity contribution >= 4 is 38.2 Å². The highest BCUT2D eigenvalue weighted by Crippen LogP contribution is 1.66. The average molecular weight is 134 g/mol. The van der Waals surface area contributed by atoms with Gasteiger partial charge in [0.25, 0.3) is 0 Å². The molecule has 0 saturated heterocycles. The Bertz CT molecular complexity index is 107. The summed E-state index contributed by atoms with van der Waals surface area (Å²) in [7, 11) is 0.877. The van der Waals surface area contributed by atoms with E-state index in [4.69, 9.17) is 12.6 Å². The summed E-state index contributed by atoms with van der Waals surface area (Å²) in [6, 6.07) is 0. The highest BCUT2D eigenvalue weighted by atomic mass is 35.5. The van der Waals surface area contributed by atoms with Gasteiger partial charge in [0.05, 0.1) is 0 Å². The van der Waals surface area contributed by atoms with E-state index in [-0.39, 0.29) is 0 Å². The van der Waals surface area contributed by atoms with Crippen LogP contribution in [0.1, 0.15) is 0 Å². The van der Waals surface area contributed by atoms with E-state index in [1.807, 2.05) is 0 Å². The number of carbonyl (C=O) groups excluding carboxylic acids is 1.